The Morgan fingerprint density at radius 2 is 1.22 bits per heavy atom. The van der Waals surface area contributed by atoms with Gasteiger partial charge in [-0.2, -0.15) is 8.42 Å². The van der Waals surface area contributed by atoms with Crippen LogP contribution in [-0.2, 0) is 10.1 Å². The predicted molar refractivity (Wildman–Crippen MR) is 173 cm³/mol. The summed E-state index contributed by atoms with van der Waals surface area (Å²) in [7, 11) is -4.58. The van der Waals surface area contributed by atoms with Crippen molar-refractivity contribution >= 4 is 23.2 Å². The first-order chi connectivity index (χ1) is 18.7. The maximum absolute atomic E-state index is 10.5. The molecular formula is C32H61Cl2N2O3PS. The summed E-state index contributed by atoms with van der Waals surface area (Å²) in [5, 5.41) is 0. The number of rotatable bonds is 13. The lowest BCUT2D eigenvalue weighted by molar-refractivity contribution is -0.809. The Kier molecular flexibility index (Phi) is 26.3. The van der Waals surface area contributed by atoms with Gasteiger partial charge in [0.2, 0.25) is 0 Å². The molecular weight excluding hydrogens is 594 g/mol. The van der Waals surface area contributed by atoms with Gasteiger partial charge in [0.05, 0.1) is 42.6 Å². The average molecular weight is 656 g/mol. The van der Waals surface area contributed by atoms with Crippen LogP contribution in [-0.4, -0.2) is 63.1 Å². The number of amidine groups is 1. The smallest absolute Gasteiger partial charge is 0.294 e. The van der Waals surface area contributed by atoms with E-state index in [1.54, 1.807) is 41.7 Å². The minimum Gasteiger partial charge on any atom is -1.00 e. The molecule has 5 nitrogen and oxygen atoms in total. The van der Waals surface area contributed by atoms with Crippen LogP contribution in [0.1, 0.15) is 117 Å². The molecule has 1 fully saturated rings. The second-order valence-corrected chi connectivity index (χ2v) is 17.4. The summed E-state index contributed by atoms with van der Waals surface area (Å²) in [6.07, 6.45) is 24.7. The topological polar surface area (TPSA) is 71.2 Å². The molecule has 1 aromatic rings. The number of nitrogens with one attached hydrogen (secondary N) is 1. The Balaban J connectivity index is 0. The molecule has 1 saturated heterocycles. The normalized spacial score (nSPS) is 16.6. The number of nitrogens with zero attached hydrogens (tertiary/aromatic N) is 1. The number of fused-ring (bicyclic) bond motifs is 1. The molecule has 3 rings (SSSR count). The van der Waals surface area contributed by atoms with Crippen LogP contribution >= 0.6 is 7.26 Å². The summed E-state index contributed by atoms with van der Waals surface area (Å²) in [5.74, 6) is 1.48. The number of unbranched alkanes of at least 4 members (excludes halogenated alkanes) is 4. The third-order valence-electron chi connectivity index (χ3n) is 8.00. The van der Waals surface area contributed by atoms with E-state index in [4.69, 9.17) is 4.55 Å². The Bertz CT molecular complexity index is 861. The van der Waals surface area contributed by atoms with Gasteiger partial charge in [0.1, 0.15) is 0 Å². The van der Waals surface area contributed by atoms with E-state index in [0.717, 1.165) is 12.1 Å². The minimum atomic E-state index is -4.02. The molecule has 0 amide bonds. The maximum Gasteiger partial charge on any atom is 0.294 e. The molecule has 242 valence electrons. The predicted octanol–water partition coefficient (Wildman–Crippen LogP) is 1.70. The van der Waals surface area contributed by atoms with Gasteiger partial charge < -0.3 is 24.8 Å². The molecule has 2 heterocycles. The van der Waals surface area contributed by atoms with Crippen molar-refractivity contribution < 1.29 is 42.7 Å². The van der Waals surface area contributed by atoms with E-state index in [1.165, 1.54) is 115 Å². The van der Waals surface area contributed by atoms with Gasteiger partial charge >= 0.3 is 0 Å². The second-order valence-electron chi connectivity index (χ2n) is 11.5. The van der Waals surface area contributed by atoms with Crippen LogP contribution in [0.4, 0.5) is 0 Å². The van der Waals surface area contributed by atoms with Gasteiger partial charge in [0.15, 0.2) is 5.84 Å². The molecule has 41 heavy (non-hydrogen) atoms. The number of halogens is 2. The van der Waals surface area contributed by atoms with Crippen molar-refractivity contribution in [2.24, 2.45) is 4.99 Å². The highest BCUT2D eigenvalue weighted by Gasteiger charge is 2.34. The number of benzene rings is 1. The molecule has 0 saturated carbocycles. The number of aryl methyl sites for hydroxylation is 1. The quantitative estimate of drug-likeness (QED) is 0.251. The standard InChI is InChI=1S/C16H36P.C9H16N2.C7H8O3S.2ClH/c1-5-9-13-17(14-10-6-2,15-11-7-3)16-12-8-4;1-2-5-9-10-6-4-8-11(9)7-3-1;1-6-2-4-7(5-3-6)11(8,9)10;;/h5-16H2,1-4H3;1-8H2;2-5H,1H3,(H,8,9,10);2*1H/q+1;;;;/p-1. The molecule has 2 N–H and O–H groups in total. The fourth-order valence-corrected chi connectivity index (χ4v) is 11.2. The molecule has 9 heteroatoms. The monoisotopic (exact) mass is 654 g/mol. The van der Waals surface area contributed by atoms with E-state index in [-0.39, 0.29) is 29.7 Å². The van der Waals surface area contributed by atoms with Gasteiger partial charge in [-0.15, -0.1) is 0 Å². The van der Waals surface area contributed by atoms with Gasteiger partial charge in [-0.3, -0.25) is 9.45 Å². The van der Waals surface area contributed by atoms with E-state index < -0.39 is 17.4 Å². The lowest BCUT2D eigenvalue weighted by Crippen LogP contribution is -3.15. The summed E-state index contributed by atoms with van der Waals surface area (Å²) in [6.45, 7) is 15.1. The molecule has 1 unspecified atom stereocenters. The maximum atomic E-state index is 10.5. The first kappa shape index (κ1) is 42.9. The van der Waals surface area contributed by atoms with E-state index in [9.17, 15) is 8.42 Å². The van der Waals surface area contributed by atoms with Crippen LogP contribution in [0.15, 0.2) is 34.2 Å². The Morgan fingerprint density at radius 3 is 1.66 bits per heavy atom. The first-order valence-corrected chi connectivity index (χ1v) is 20.0. The highest BCUT2D eigenvalue weighted by atomic mass is 35.5. The fourth-order valence-electron chi connectivity index (χ4n) is 5.45. The van der Waals surface area contributed by atoms with Crippen LogP contribution < -0.4 is 29.7 Å². The van der Waals surface area contributed by atoms with Gasteiger partial charge in [-0.25, -0.2) is 4.99 Å². The Labute approximate surface area is 267 Å². The van der Waals surface area contributed by atoms with Crippen molar-refractivity contribution in [3.05, 3.63) is 29.8 Å². The Morgan fingerprint density at radius 1 is 0.756 bits per heavy atom. The fraction of sp³-hybridized carbons (Fsp3) is 0.781. The van der Waals surface area contributed by atoms with Crippen molar-refractivity contribution in [2.45, 2.75) is 123 Å². The Hall–Kier alpha value is -0.230. The highest BCUT2D eigenvalue weighted by molar-refractivity contribution is 7.85. The van der Waals surface area contributed by atoms with Crippen LogP contribution in [0.25, 0.3) is 0 Å². The molecule has 0 aliphatic carbocycles. The van der Waals surface area contributed by atoms with Crippen molar-refractivity contribution in [3.63, 3.8) is 0 Å². The molecule has 0 aromatic heterocycles. The zero-order valence-electron chi connectivity index (χ0n) is 26.8. The molecule has 2 aliphatic rings. The van der Waals surface area contributed by atoms with Crippen LogP contribution in [0, 0.1) is 6.92 Å². The highest BCUT2D eigenvalue weighted by Crippen LogP contribution is 2.61. The summed E-state index contributed by atoms with van der Waals surface area (Å²) in [5.41, 5.74) is 0.956. The molecule has 0 radical (unpaired) electrons. The number of hydrogen-bond donors (Lipinski definition) is 2. The zero-order valence-corrected chi connectivity index (χ0v) is 30.0. The molecule has 2 aliphatic heterocycles. The van der Waals surface area contributed by atoms with Crippen molar-refractivity contribution in [1.82, 2.24) is 0 Å². The third-order valence-corrected chi connectivity index (χ3v) is 13.9. The van der Waals surface area contributed by atoms with Gasteiger partial charge in [-0.1, -0.05) is 71.1 Å². The van der Waals surface area contributed by atoms with E-state index in [2.05, 4.69) is 32.7 Å². The molecule has 1 aromatic carbocycles. The van der Waals surface area contributed by atoms with Gasteiger partial charge in [-0.05, 0) is 64.0 Å². The third kappa shape index (κ3) is 18.9. The summed E-state index contributed by atoms with van der Waals surface area (Å²) in [6, 6.07) is 5.99. The summed E-state index contributed by atoms with van der Waals surface area (Å²) in [4.78, 5) is 6.21. The largest absolute Gasteiger partial charge is 1.00 e. The molecule has 0 bridgehead atoms. The second kappa shape index (κ2) is 25.1. The van der Waals surface area contributed by atoms with Crippen LogP contribution in [0.5, 0.6) is 0 Å². The van der Waals surface area contributed by atoms with Crippen molar-refractivity contribution in [3.8, 4) is 0 Å². The molecule has 0 spiro atoms. The van der Waals surface area contributed by atoms with Crippen LogP contribution in [0.3, 0.4) is 0 Å². The van der Waals surface area contributed by atoms with Crippen molar-refractivity contribution in [1.29, 1.82) is 0 Å². The summed E-state index contributed by atoms with van der Waals surface area (Å²) < 4.78 is 29.6. The number of quaternary nitrogens is 1. The first-order valence-electron chi connectivity index (χ1n) is 16.0. The van der Waals surface area contributed by atoms with E-state index in [0.29, 0.717) is 0 Å². The molecule has 1 atom stereocenters. The minimum absolute atomic E-state index is 0. The lowest BCUT2D eigenvalue weighted by Gasteiger charge is -2.28. The van der Waals surface area contributed by atoms with Crippen molar-refractivity contribution in [2.75, 3.05) is 44.3 Å². The van der Waals surface area contributed by atoms with Gasteiger partial charge in [0.25, 0.3) is 10.1 Å². The average Bonchev–Trinajstić information content (AvgIpc) is 3.18. The number of hydrogen-bond acceptors (Lipinski definition) is 3. The zero-order chi connectivity index (χ0) is 29.0. The van der Waals surface area contributed by atoms with Crippen LogP contribution in [0.2, 0.25) is 0 Å². The van der Waals surface area contributed by atoms with E-state index in [1.807, 2.05) is 6.92 Å². The summed E-state index contributed by atoms with van der Waals surface area (Å²) >= 11 is 0. The lowest BCUT2D eigenvalue weighted by atomic mass is 10.2. The van der Waals surface area contributed by atoms with E-state index >= 15 is 0 Å². The van der Waals surface area contributed by atoms with Gasteiger partial charge in [0, 0.05) is 26.6 Å². The number of aliphatic imine (C=N–C) groups is 1. The SMILES string of the molecule is C1CCC2=NCCC[NH+]2CC1.CCCC[P+](CCCC)(CCCC)CCCC.Cc1ccc(S(=O)(=O)O)cc1.[Cl-].[Cl-].